The Bertz CT molecular complexity index is 436. The number of hydrogen-bond donors (Lipinski definition) is 1. The highest BCUT2D eigenvalue weighted by molar-refractivity contribution is 5.82. The molecule has 0 fully saturated rings. The molecule has 6 heteroatoms. The molecule has 0 spiro atoms. The number of amides is 1. The Hall–Kier alpha value is -1.72. The minimum absolute atomic E-state index is 0.105. The maximum absolute atomic E-state index is 12.1. The number of nitrogens with two attached hydrogens (primary N) is 1. The van der Waals surface area contributed by atoms with Crippen molar-refractivity contribution in [1.29, 1.82) is 0 Å². The topological polar surface area (TPSA) is 67.4 Å². The lowest BCUT2D eigenvalue weighted by molar-refractivity contribution is -0.129. The number of likely N-dealkylation sites (N-methyl/N-ethyl adjacent to an activating group) is 2. The van der Waals surface area contributed by atoms with Crippen LogP contribution in [0.3, 0.4) is 0 Å². The van der Waals surface area contributed by atoms with Crippen molar-refractivity contribution in [3.63, 3.8) is 0 Å². The molecule has 0 bridgehead atoms. The van der Waals surface area contributed by atoms with Crippen LogP contribution in [0.4, 0.5) is 11.5 Å². The molecular weight excluding hydrogens is 242 g/mol. The van der Waals surface area contributed by atoms with Crippen LogP contribution in [-0.2, 0) is 11.3 Å². The monoisotopic (exact) mass is 267 g/mol. The quantitative estimate of drug-likeness (QED) is 0.838. The van der Waals surface area contributed by atoms with Crippen molar-refractivity contribution < 1.29 is 4.79 Å². The van der Waals surface area contributed by atoms with Crippen molar-refractivity contribution in [3.05, 3.63) is 5.69 Å². The molecule has 0 radical (unpaired) electrons. The number of nitrogens with zero attached hydrogens (tertiary/aromatic N) is 4. The Morgan fingerprint density at radius 3 is 2.37 bits per heavy atom. The second-order valence-corrected chi connectivity index (χ2v) is 4.56. The van der Waals surface area contributed by atoms with Crippen molar-refractivity contribution in [1.82, 2.24) is 14.7 Å². The van der Waals surface area contributed by atoms with Gasteiger partial charge in [-0.15, -0.1) is 0 Å². The van der Waals surface area contributed by atoms with Gasteiger partial charge in [-0.2, -0.15) is 5.10 Å². The average Bonchev–Trinajstić information content (AvgIpc) is 2.66. The summed E-state index contributed by atoms with van der Waals surface area (Å²) >= 11 is 0. The van der Waals surface area contributed by atoms with Gasteiger partial charge in [-0.05, 0) is 27.7 Å². The summed E-state index contributed by atoms with van der Waals surface area (Å²) in [7, 11) is 1.88. The van der Waals surface area contributed by atoms with Gasteiger partial charge in [0, 0.05) is 26.7 Å². The van der Waals surface area contributed by atoms with Crippen LogP contribution in [-0.4, -0.2) is 47.3 Å². The van der Waals surface area contributed by atoms with Gasteiger partial charge in [0.2, 0.25) is 5.91 Å². The van der Waals surface area contributed by atoms with Crippen LogP contribution < -0.4 is 10.6 Å². The summed E-state index contributed by atoms with van der Waals surface area (Å²) < 4.78 is 1.83. The van der Waals surface area contributed by atoms with Crippen molar-refractivity contribution in [3.8, 4) is 0 Å². The zero-order chi connectivity index (χ0) is 14.6. The van der Waals surface area contributed by atoms with Crippen LogP contribution in [0.25, 0.3) is 0 Å². The average molecular weight is 267 g/mol. The predicted octanol–water partition coefficient (Wildman–Crippen LogP) is 1.10. The molecule has 0 unspecified atom stereocenters. The van der Waals surface area contributed by atoms with E-state index >= 15 is 0 Å². The number of carbonyl (C=O) groups excluding carboxylic acids is 1. The lowest BCUT2D eigenvalue weighted by atomic mass is 10.3. The van der Waals surface area contributed by atoms with Gasteiger partial charge in [-0.3, -0.25) is 4.79 Å². The first-order valence-electron chi connectivity index (χ1n) is 6.77. The zero-order valence-electron chi connectivity index (χ0n) is 12.6. The van der Waals surface area contributed by atoms with E-state index in [1.54, 1.807) is 0 Å². The number of hydrogen-bond acceptors (Lipinski definition) is 4. The number of rotatable bonds is 6. The summed E-state index contributed by atoms with van der Waals surface area (Å²) in [4.78, 5) is 15.8. The lowest BCUT2D eigenvalue weighted by Gasteiger charge is -2.25. The molecule has 1 aromatic heterocycles. The molecule has 19 heavy (non-hydrogen) atoms. The van der Waals surface area contributed by atoms with Gasteiger partial charge in [0.15, 0.2) is 5.82 Å². The standard InChI is InChI=1S/C13H25N5O/c1-6-17(7-2)11(19)9-16(5)13-12(14)10(4)15-18(13)8-3/h6-9,14H2,1-5H3. The van der Waals surface area contributed by atoms with E-state index in [4.69, 9.17) is 5.73 Å². The first kappa shape index (κ1) is 15.3. The normalized spacial score (nSPS) is 10.6. The zero-order valence-corrected chi connectivity index (χ0v) is 12.6. The molecule has 0 aliphatic heterocycles. The highest BCUT2D eigenvalue weighted by Gasteiger charge is 2.19. The number of aryl methyl sites for hydroxylation is 2. The second kappa shape index (κ2) is 6.45. The summed E-state index contributed by atoms with van der Waals surface area (Å²) in [6.07, 6.45) is 0. The largest absolute Gasteiger partial charge is 0.394 e. The molecule has 108 valence electrons. The smallest absolute Gasteiger partial charge is 0.242 e. The van der Waals surface area contributed by atoms with Gasteiger partial charge >= 0.3 is 0 Å². The van der Waals surface area contributed by atoms with E-state index in [-0.39, 0.29) is 5.91 Å². The molecule has 6 nitrogen and oxygen atoms in total. The Kier molecular flexibility index (Phi) is 5.20. The third-order valence-corrected chi connectivity index (χ3v) is 3.30. The second-order valence-electron chi connectivity index (χ2n) is 4.56. The molecule has 2 N–H and O–H groups in total. The highest BCUT2D eigenvalue weighted by Crippen LogP contribution is 2.25. The third kappa shape index (κ3) is 3.19. The van der Waals surface area contributed by atoms with Crippen LogP contribution in [0.1, 0.15) is 26.5 Å². The molecule has 0 aliphatic carbocycles. The van der Waals surface area contributed by atoms with Crippen molar-refractivity contribution in [2.75, 3.05) is 37.3 Å². The Morgan fingerprint density at radius 1 is 1.32 bits per heavy atom. The lowest BCUT2D eigenvalue weighted by Crippen LogP contribution is -2.39. The number of carbonyl (C=O) groups is 1. The van der Waals surface area contributed by atoms with E-state index in [1.165, 1.54) is 0 Å². The minimum Gasteiger partial charge on any atom is -0.394 e. The Labute approximate surface area is 115 Å². The van der Waals surface area contributed by atoms with Crippen LogP contribution >= 0.6 is 0 Å². The molecule has 1 amide bonds. The van der Waals surface area contributed by atoms with Gasteiger partial charge in [0.05, 0.1) is 17.9 Å². The van der Waals surface area contributed by atoms with E-state index in [9.17, 15) is 4.79 Å². The van der Waals surface area contributed by atoms with Gasteiger partial charge in [-0.1, -0.05) is 0 Å². The first-order chi connectivity index (χ1) is 8.96. The Morgan fingerprint density at radius 2 is 1.89 bits per heavy atom. The van der Waals surface area contributed by atoms with Crippen LogP contribution in [0.15, 0.2) is 0 Å². The predicted molar refractivity (Wildman–Crippen MR) is 78.2 cm³/mol. The summed E-state index contributed by atoms with van der Waals surface area (Å²) in [5.74, 6) is 0.925. The van der Waals surface area contributed by atoms with E-state index < -0.39 is 0 Å². The first-order valence-corrected chi connectivity index (χ1v) is 6.77. The Balaban J connectivity index is 2.89. The van der Waals surface area contributed by atoms with E-state index in [2.05, 4.69) is 5.10 Å². The van der Waals surface area contributed by atoms with E-state index in [0.717, 1.165) is 31.1 Å². The van der Waals surface area contributed by atoms with Gasteiger partial charge < -0.3 is 15.5 Å². The molecule has 0 aromatic carbocycles. The van der Waals surface area contributed by atoms with Crippen LogP contribution in [0, 0.1) is 6.92 Å². The van der Waals surface area contributed by atoms with Crippen LogP contribution in [0.5, 0.6) is 0 Å². The third-order valence-electron chi connectivity index (χ3n) is 3.30. The van der Waals surface area contributed by atoms with Gasteiger partial charge in [-0.25, -0.2) is 4.68 Å². The fourth-order valence-electron chi connectivity index (χ4n) is 2.16. The fraction of sp³-hybridized carbons (Fsp3) is 0.692. The number of nitrogen functional groups attached to an aromatic ring is 1. The molecule has 0 saturated carbocycles. The molecule has 0 atom stereocenters. The molecule has 1 aromatic rings. The van der Waals surface area contributed by atoms with E-state index in [1.807, 2.05) is 49.2 Å². The number of anilines is 2. The maximum Gasteiger partial charge on any atom is 0.242 e. The number of aromatic nitrogens is 2. The summed E-state index contributed by atoms with van der Waals surface area (Å²) in [6.45, 7) is 10.4. The van der Waals surface area contributed by atoms with Crippen LogP contribution in [0.2, 0.25) is 0 Å². The molecule has 0 saturated heterocycles. The SMILES string of the molecule is CCN(CC)C(=O)CN(C)c1c(N)c(C)nn1CC. The summed E-state index contributed by atoms with van der Waals surface area (Å²) in [5.41, 5.74) is 7.50. The molecule has 1 heterocycles. The fourth-order valence-corrected chi connectivity index (χ4v) is 2.16. The van der Waals surface area contributed by atoms with Crippen molar-refractivity contribution in [2.24, 2.45) is 0 Å². The molecule has 0 aliphatic rings. The minimum atomic E-state index is 0.105. The molecular formula is C13H25N5O. The van der Waals surface area contributed by atoms with Crippen molar-refractivity contribution >= 4 is 17.4 Å². The summed E-state index contributed by atoms with van der Waals surface area (Å²) in [5, 5.41) is 4.37. The van der Waals surface area contributed by atoms with E-state index in [0.29, 0.717) is 12.2 Å². The van der Waals surface area contributed by atoms with Gasteiger partial charge in [0.1, 0.15) is 0 Å². The van der Waals surface area contributed by atoms with Gasteiger partial charge in [0.25, 0.3) is 0 Å². The summed E-state index contributed by atoms with van der Waals surface area (Å²) in [6, 6.07) is 0. The molecule has 1 rings (SSSR count). The maximum atomic E-state index is 12.1. The highest BCUT2D eigenvalue weighted by atomic mass is 16.2. The van der Waals surface area contributed by atoms with Crippen molar-refractivity contribution in [2.45, 2.75) is 34.2 Å².